The van der Waals surface area contributed by atoms with E-state index < -0.39 is 5.41 Å². The van der Waals surface area contributed by atoms with Crippen molar-refractivity contribution in [2.45, 2.75) is 26.7 Å². The van der Waals surface area contributed by atoms with Gasteiger partial charge >= 0.3 is 0 Å². The summed E-state index contributed by atoms with van der Waals surface area (Å²) in [5, 5.41) is 6.28. The van der Waals surface area contributed by atoms with Gasteiger partial charge in [-0.25, -0.2) is 4.98 Å². The number of hydrogen-bond donors (Lipinski definition) is 2. The van der Waals surface area contributed by atoms with Crippen LogP contribution in [0.4, 0.5) is 5.69 Å². The number of carbonyl (C=O) groups is 1. The number of aryl methyl sites for hydroxylation is 1. The van der Waals surface area contributed by atoms with Crippen LogP contribution in [0.25, 0.3) is 0 Å². The SMILES string of the molecule is COCC1(C(=O)Nc2ccc(Oc3cccc(C)c3C)nc2)CCNCC1.Cl.Cl. The zero-order valence-corrected chi connectivity index (χ0v) is 18.6. The lowest BCUT2D eigenvalue weighted by atomic mass is 9.78. The fraction of sp³-hybridized carbons (Fsp3) is 0.429. The second-order valence-corrected chi connectivity index (χ2v) is 7.10. The molecule has 1 amide bonds. The van der Waals surface area contributed by atoms with E-state index in [2.05, 4.69) is 15.6 Å². The van der Waals surface area contributed by atoms with Crippen molar-refractivity contribution in [2.75, 3.05) is 32.1 Å². The fourth-order valence-corrected chi connectivity index (χ4v) is 3.34. The van der Waals surface area contributed by atoms with E-state index in [1.807, 2.05) is 38.1 Å². The van der Waals surface area contributed by atoms with Gasteiger partial charge in [0.2, 0.25) is 11.8 Å². The predicted octanol–water partition coefficient (Wildman–Crippen LogP) is 4.29. The van der Waals surface area contributed by atoms with Gasteiger partial charge in [0.15, 0.2) is 0 Å². The van der Waals surface area contributed by atoms with Crippen LogP contribution in [0.2, 0.25) is 0 Å². The number of pyridine rings is 1. The smallest absolute Gasteiger partial charge is 0.233 e. The van der Waals surface area contributed by atoms with Crippen LogP contribution in [0.3, 0.4) is 0 Å². The van der Waals surface area contributed by atoms with Crippen molar-refractivity contribution in [3.05, 3.63) is 47.7 Å². The molecule has 0 bridgehead atoms. The number of nitrogens with zero attached hydrogens (tertiary/aromatic N) is 1. The molecule has 0 atom stereocenters. The van der Waals surface area contributed by atoms with Gasteiger partial charge in [-0.2, -0.15) is 0 Å². The summed E-state index contributed by atoms with van der Waals surface area (Å²) in [6.07, 6.45) is 3.14. The molecule has 1 aromatic heterocycles. The average Bonchev–Trinajstić information content (AvgIpc) is 2.68. The topological polar surface area (TPSA) is 72.5 Å². The fourth-order valence-electron chi connectivity index (χ4n) is 3.34. The first-order valence-corrected chi connectivity index (χ1v) is 9.25. The van der Waals surface area contributed by atoms with Gasteiger partial charge in [0, 0.05) is 13.2 Å². The highest BCUT2D eigenvalue weighted by molar-refractivity contribution is 5.95. The zero-order valence-electron chi connectivity index (χ0n) is 17.0. The number of carbonyl (C=O) groups excluding carboxylic acids is 1. The molecule has 1 aromatic carbocycles. The number of rotatable bonds is 6. The molecule has 1 fully saturated rings. The Labute approximate surface area is 184 Å². The van der Waals surface area contributed by atoms with E-state index in [4.69, 9.17) is 9.47 Å². The Bertz CT molecular complexity index is 789. The summed E-state index contributed by atoms with van der Waals surface area (Å²) >= 11 is 0. The summed E-state index contributed by atoms with van der Waals surface area (Å²) in [6.45, 7) is 6.12. The van der Waals surface area contributed by atoms with Crippen molar-refractivity contribution >= 4 is 36.4 Å². The highest BCUT2D eigenvalue weighted by atomic mass is 35.5. The van der Waals surface area contributed by atoms with Gasteiger partial charge < -0.3 is 20.1 Å². The van der Waals surface area contributed by atoms with Crippen LogP contribution in [0.1, 0.15) is 24.0 Å². The van der Waals surface area contributed by atoms with Crippen molar-refractivity contribution in [3.63, 3.8) is 0 Å². The molecule has 0 radical (unpaired) electrons. The Hall–Kier alpha value is -1.86. The third kappa shape index (κ3) is 6.06. The monoisotopic (exact) mass is 441 g/mol. The number of aromatic nitrogens is 1. The number of halogens is 2. The molecule has 160 valence electrons. The maximum atomic E-state index is 12.9. The number of hydrogen-bond acceptors (Lipinski definition) is 5. The number of nitrogens with one attached hydrogen (secondary N) is 2. The molecule has 1 aliphatic heterocycles. The number of ether oxygens (including phenoxy) is 2. The lowest BCUT2D eigenvalue weighted by Crippen LogP contribution is -2.47. The highest BCUT2D eigenvalue weighted by Crippen LogP contribution is 2.31. The molecule has 2 N–H and O–H groups in total. The molecule has 3 rings (SSSR count). The van der Waals surface area contributed by atoms with Gasteiger partial charge in [-0.1, -0.05) is 12.1 Å². The molecule has 2 aromatic rings. The van der Waals surface area contributed by atoms with Gasteiger partial charge in [-0.05, 0) is 63.0 Å². The highest BCUT2D eigenvalue weighted by Gasteiger charge is 2.39. The summed E-state index contributed by atoms with van der Waals surface area (Å²) in [7, 11) is 1.64. The molecule has 1 aliphatic rings. The van der Waals surface area contributed by atoms with E-state index >= 15 is 0 Å². The van der Waals surface area contributed by atoms with Gasteiger partial charge in [0.1, 0.15) is 5.75 Å². The second-order valence-electron chi connectivity index (χ2n) is 7.10. The standard InChI is InChI=1S/C21H27N3O3.2ClH/c1-15-5-4-6-18(16(15)2)27-19-8-7-17(13-23-19)24-20(25)21(14-26-3)9-11-22-12-10-21;;/h4-8,13,22H,9-12,14H2,1-3H3,(H,24,25);2*1H. The number of methoxy groups -OCH3 is 1. The lowest BCUT2D eigenvalue weighted by Gasteiger charge is -2.35. The predicted molar refractivity (Wildman–Crippen MR) is 120 cm³/mol. The van der Waals surface area contributed by atoms with E-state index in [9.17, 15) is 4.79 Å². The average molecular weight is 442 g/mol. The molecule has 0 aliphatic carbocycles. The quantitative estimate of drug-likeness (QED) is 0.699. The van der Waals surface area contributed by atoms with Crippen molar-refractivity contribution in [3.8, 4) is 11.6 Å². The zero-order chi connectivity index (χ0) is 19.3. The Morgan fingerprint density at radius 3 is 2.52 bits per heavy atom. The summed E-state index contributed by atoms with van der Waals surface area (Å²) in [6, 6.07) is 9.51. The van der Waals surface area contributed by atoms with Gasteiger partial charge in [0.05, 0.1) is 23.9 Å². The minimum atomic E-state index is -0.492. The molecule has 0 spiro atoms. The van der Waals surface area contributed by atoms with Gasteiger partial charge in [-0.15, -0.1) is 24.8 Å². The van der Waals surface area contributed by atoms with E-state index in [1.54, 1.807) is 19.4 Å². The molecule has 0 saturated carbocycles. The van der Waals surface area contributed by atoms with Crippen LogP contribution in [-0.2, 0) is 9.53 Å². The normalized spacial score (nSPS) is 14.9. The minimum Gasteiger partial charge on any atom is -0.439 e. The Balaban J connectivity index is 0.00000210. The van der Waals surface area contributed by atoms with E-state index in [1.165, 1.54) is 5.56 Å². The molecule has 1 saturated heterocycles. The van der Waals surface area contributed by atoms with Crippen molar-refractivity contribution < 1.29 is 14.3 Å². The first kappa shape index (κ1) is 25.2. The summed E-state index contributed by atoms with van der Waals surface area (Å²) in [5.74, 6) is 1.26. The molecule has 6 nitrogen and oxygen atoms in total. The maximum Gasteiger partial charge on any atom is 0.233 e. The van der Waals surface area contributed by atoms with Crippen LogP contribution in [0.15, 0.2) is 36.5 Å². The van der Waals surface area contributed by atoms with Gasteiger partial charge in [0.25, 0.3) is 0 Å². The van der Waals surface area contributed by atoms with E-state index in [0.717, 1.165) is 37.2 Å². The minimum absolute atomic E-state index is 0. The van der Waals surface area contributed by atoms with Crippen LogP contribution < -0.4 is 15.4 Å². The summed E-state index contributed by atoms with van der Waals surface area (Å²) < 4.78 is 11.2. The largest absolute Gasteiger partial charge is 0.439 e. The van der Waals surface area contributed by atoms with Crippen molar-refractivity contribution in [2.24, 2.45) is 5.41 Å². The van der Waals surface area contributed by atoms with Crippen LogP contribution >= 0.6 is 24.8 Å². The number of anilines is 1. The molecule has 0 unspecified atom stereocenters. The third-order valence-corrected chi connectivity index (χ3v) is 5.23. The molecule has 29 heavy (non-hydrogen) atoms. The first-order chi connectivity index (χ1) is 13.0. The lowest BCUT2D eigenvalue weighted by molar-refractivity contribution is -0.130. The molecular formula is C21H29Cl2N3O3. The summed E-state index contributed by atoms with van der Waals surface area (Å²) in [4.78, 5) is 17.2. The Kier molecular flexibility index (Phi) is 9.86. The van der Waals surface area contributed by atoms with Crippen LogP contribution in [-0.4, -0.2) is 37.7 Å². The third-order valence-electron chi connectivity index (χ3n) is 5.23. The van der Waals surface area contributed by atoms with Crippen LogP contribution in [0.5, 0.6) is 11.6 Å². The van der Waals surface area contributed by atoms with Crippen molar-refractivity contribution in [1.82, 2.24) is 10.3 Å². The maximum absolute atomic E-state index is 12.9. The second kappa shape index (κ2) is 11.4. The number of amides is 1. The Morgan fingerprint density at radius 1 is 1.17 bits per heavy atom. The molecule has 2 heterocycles. The van der Waals surface area contributed by atoms with Gasteiger partial charge in [-0.3, -0.25) is 4.79 Å². The van der Waals surface area contributed by atoms with E-state index in [0.29, 0.717) is 18.2 Å². The first-order valence-electron chi connectivity index (χ1n) is 9.25. The van der Waals surface area contributed by atoms with E-state index in [-0.39, 0.29) is 30.7 Å². The molecular weight excluding hydrogens is 413 g/mol. The number of piperidine rings is 1. The summed E-state index contributed by atoms with van der Waals surface area (Å²) in [5.41, 5.74) is 2.42. The Morgan fingerprint density at radius 2 is 1.90 bits per heavy atom. The van der Waals surface area contributed by atoms with Crippen LogP contribution in [0, 0.1) is 19.3 Å². The molecule has 8 heteroatoms. The number of benzene rings is 1. The van der Waals surface area contributed by atoms with Crippen molar-refractivity contribution in [1.29, 1.82) is 0 Å².